The van der Waals surface area contributed by atoms with Crippen molar-refractivity contribution >= 4 is 38.8 Å². The third-order valence-corrected chi connectivity index (χ3v) is 5.94. The molecule has 0 spiro atoms. The Balaban J connectivity index is 1.70. The van der Waals surface area contributed by atoms with E-state index >= 15 is 0 Å². The molecule has 0 bridgehead atoms. The van der Waals surface area contributed by atoms with Crippen molar-refractivity contribution in [1.29, 1.82) is 0 Å². The van der Waals surface area contributed by atoms with Gasteiger partial charge in [0.1, 0.15) is 11.2 Å². The van der Waals surface area contributed by atoms with Gasteiger partial charge in [-0.1, -0.05) is 18.2 Å². The Morgan fingerprint density at radius 2 is 2.25 bits per heavy atom. The Kier molecular flexibility index (Phi) is 4.03. The van der Waals surface area contributed by atoms with Crippen LogP contribution in [0, 0.1) is 5.92 Å². The highest BCUT2D eigenvalue weighted by atomic mass is 32.1. The molecule has 5 nitrogen and oxygen atoms in total. The lowest BCUT2D eigenvalue weighted by Crippen LogP contribution is -2.36. The second-order valence-electron chi connectivity index (χ2n) is 5.68. The van der Waals surface area contributed by atoms with E-state index in [4.69, 9.17) is 0 Å². The summed E-state index contributed by atoms with van der Waals surface area (Å²) < 4.78 is 1.22. The molecule has 1 unspecified atom stereocenters. The Morgan fingerprint density at radius 1 is 1.33 bits per heavy atom. The molecular weight excluding hydrogens is 342 g/mol. The number of aromatic nitrogens is 2. The van der Waals surface area contributed by atoms with Gasteiger partial charge < -0.3 is 0 Å². The fraction of sp³-hybridized carbons (Fsp3) is 0.235. The molecule has 122 valence electrons. The topological polar surface area (TPSA) is 64.0 Å². The third-order valence-electron chi connectivity index (χ3n) is 4.15. The van der Waals surface area contributed by atoms with Gasteiger partial charge in [-0.15, -0.1) is 22.7 Å². The minimum atomic E-state index is -0.232. The summed E-state index contributed by atoms with van der Waals surface area (Å²) in [5.41, 5.74) is 3.36. The number of allylic oxidation sites excluding steroid dienone is 2. The number of hydrogen-bond acceptors (Lipinski definition) is 5. The predicted molar refractivity (Wildman–Crippen MR) is 98.0 cm³/mol. The number of thiophene rings is 2. The molecule has 4 rings (SSSR count). The maximum Gasteiger partial charge on any atom is 0.281 e. The van der Waals surface area contributed by atoms with E-state index in [9.17, 15) is 9.59 Å². The number of hydrogen-bond donors (Lipinski definition) is 1. The van der Waals surface area contributed by atoms with E-state index in [1.807, 2.05) is 29.0 Å². The molecule has 3 aromatic heterocycles. The van der Waals surface area contributed by atoms with Gasteiger partial charge in [-0.2, -0.15) is 0 Å². The number of nitrogens with zero attached hydrogens (tertiary/aromatic N) is 2. The number of rotatable bonds is 3. The van der Waals surface area contributed by atoms with Crippen molar-refractivity contribution in [3.8, 4) is 10.4 Å². The van der Waals surface area contributed by atoms with Gasteiger partial charge in [-0.25, -0.2) is 9.66 Å². The van der Waals surface area contributed by atoms with Crippen LogP contribution in [-0.2, 0) is 4.79 Å². The maximum atomic E-state index is 12.8. The van der Waals surface area contributed by atoms with Crippen molar-refractivity contribution in [3.05, 3.63) is 51.7 Å². The lowest BCUT2D eigenvalue weighted by atomic mass is 9.94. The first kappa shape index (κ1) is 15.3. The molecule has 24 heavy (non-hydrogen) atoms. The average Bonchev–Trinajstić information content (AvgIpc) is 3.27. The van der Waals surface area contributed by atoms with Crippen molar-refractivity contribution < 1.29 is 4.79 Å². The summed E-state index contributed by atoms with van der Waals surface area (Å²) in [7, 11) is 0. The molecule has 0 saturated heterocycles. The summed E-state index contributed by atoms with van der Waals surface area (Å²) in [4.78, 5) is 31.3. The van der Waals surface area contributed by atoms with E-state index < -0.39 is 0 Å². The molecular formula is C17H15N3O2S2. The SMILES string of the molecule is O=C(Nn1cnc2scc(-c3cccs3)c2c1=O)C1CC=CCC1. The quantitative estimate of drug-likeness (QED) is 0.728. The average molecular weight is 357 g/mol. The molecule has 0 aromatic carbocycles. The zero-order chi connectivity index (χ0) is 16.5. The molecule has 1 aliphatic rings. The summed E-state index contributed by atoms with van der Waals surface area (Å²) in [6, 6.07) is 3.94. The molecule has 1 aliphatic carbocycles. The number of amides is 1. The Bertz CT molecular complexity index is 970. The normalized spacial score (nSPS) is 17.2. The highest BCUT2D eigenvalue weighted by Crippen LogP contribution is 2.33. The van der Waals surface area contributed by atoms with E-state index in [2.05, 4.69) is 16.5 Å². The maximum absolute atomic E-state index is 12.8. The Hall–Kier alpha value is -2.25. The second kappa shape index (κ2) is 6.33. The van der Waals surface area contributed by atoms with Crippen LogP contribution in [0.15, 0.2) is 46.2 Å². The van der Waals surface area contributed by atoms with Gasteiger partial charge >= 0.3 is 0 Å². The summed E-state index contributed by atoms with van der Waals surface area (Å²) in [6.45, 7) is 0. The Labute approximate surface area is 146 Å². The van der Waals surface area contributed by atoms with E-state index in [1.165, 1.54) is 22.3 Å². The first-order valence-corrected chi connectivity index (χ1v) is 9.48. The van der Waals surface area contributed by atoms with Crippen LogP contribution in [0.2, 0.25) is 0 Å². The molecule has 3 aromatic rings. The molecule has 7 heteroatoms. The van der Waals surface area contributed by atoms with Gasteiger partial charge in [0.05, 0.1) is 5.39 Å². The van der Waals surface area contributed by atoms with E-state index in [1.54, 1.807) is 11.3 Å². The molecule has 0 fully saturated rings. The first-order valence-electron chi connectivity index (χ1n) is 7.72. The number of fused-ring (bicyclic) bond motifs is 1. The second-order valence-corrected chi connectivity index (χ2v) is 7.49. The minimum absolute atomic E-state index is 0.0863. The fourth-order valence-electron chi connectivity index (χ4n) is 2.87. The monoisotopic (exact) mass is 357 g/mol. The molecule has 1 amide bonds. The molecule has 1 N–H and O–H groups in total. The van der Waals surface area contributed by atoms with Gasteiger partial charge in [0.25, 0.3) is 5.56 Å². The van der Waals surface area contributed by atoms with Crippen molar-refractivity contribution in [3.63, 3.8) is 0 Å². The first-order chi connectivity index (χ1) is 11.7. The van der Waals surface area contributed by atoms with Gasteiger partial charge in [0, 0.05) is 21.7 Å². The molecule has 1 atom stereocenters. The smallest absolute Gasteiger partial charge is 0.273 e. The lowest BCUT2D eigenvalue weighted by molar-refractivity contribution is -0.121. The standard InChI is InChI=1S/C17H15N3O2S2/c21-15(11-5-2-1-3-6-11)19-20-10-18-16-14(17(20)22)12(9-24-16)13-7-4-8-23-13/h1-2,4,7-11H,3,5-6H2,(H,19,21). The zero-order valence-corrected chi connectivity index (χ0v) is 14.4. The summed E-state index contributed by atoms with van der Waals surface area (Å²) in [5, 5.41) is 4.49. The summed E-state index contributed by atoms with van der Waals surface area (Å²) >= 11 is 3.02. The van der Waals surface area contributed by atoms with Crippen LogP contribution in [-0.4, -0.2) is 15.6 Å². The van der Waals surface area contributed by atoms with Crippen LogP contribution >= 0.6 is 22.7 Å². The van der Waals surface area contributed by atoms with Crippen molar-refractivity contribution in [1.82, 2.24) is 9.66 Å². The minimum Gasteiger partial charge on any atom is -0.273 e. The van der Waals surface area contributed by atoms with Crippen LogP contribution < -0.4 is 11.0 Å². The Morgan fingerprint density at radius 3 is 3.00 bits per heavy atom. The van der Waals surface area contributed by atoms with Crippen molar-refractivity contribution in [2.45, 2.75) is 19.3 Å². The largest absolute Gasteiger partial charge is 0.281 e. The molecule has 0 radical (unpaired) electrons. The van der Waals surface area contributed by atoms with Gasteiger partial charge in [-0.05, 0) is 30.7 Å². The van der Waals surface area contributed by atoms with E-state index in [-0.39, 0.29) is 17.4 Å². The predicted octanol–water partition coefficient (Wildman–Crippen LogP) is 3.61. The lowest BCUT2D eigenvalue weighted by Gasteiger charge is -2.17. The highest BCUT2D eigenvalue weighted by Gasteiger charge is 2.20. The zero-order valence-electron chi connectivity index (χ0n) is 12.8. The number of carbonyl (C=O) groups is 1. The number of carbonyl (C=O) groups excluding carboxylic acids is 1. The number of nitrogens with one attached hydrogen (secondary N) is 1. The fourth-order valence-corrected chi connectivity index (χ4v) is 4.59. The van der Waals surface area contributed by atoms with Crippen molar-refractivity contribution in [2.24, 2.45) is 5.92 Å². The summed E-state index contributed by atoms with van der Waals surface area (Å²) in [6.07, 6.45) is 7.93. The van der Waals surface area contributed by atoms with Gasteiger partial charge in [0.2, 0.25) is 5.91 Å². The van der Waals surface area contributed by atoms with Crippen LogP contribution in [0.3, 0.4) is 0 Å². The van der Waals surface area contributed by atoms with Crippen molar-refractivity contribution in [2.75, 3.05) is 5.43 Å². The van der Waals surface area contributed by atoms with Crippen LogP contribution in [0.4, 0.5) is 0 Å². The molecule has 3 heterocycles. The summed E-state index contributed by atoms with van der Waals surface area (Å²) in [5.74, 6) is -0.215. The van der Waals surface area contributed by atoms with Gasteiger partial charge in [-0.3, -0.25) is 15.0 Å². The molecule has 0 aliphatic heterocycles. The van der Waals surface area contributed by atoms with Gasteiger partial charge in [0.15, 0.2) is 0 Å². The highest BCUT2D eigenvalue weighted by molar-refractivity contribution is 7.18. The van der Waals surface area contributed by atoms with Crippen LogP contribution in [0.1, 0.15) is 19.3 Å². The van der Waals surface area contributed by atoms with Crippen LogP contribution in [0.5, 0.6) is 0 Å². The van der Waals surface area contributed by atoms with Crippen LogP contribution in [0.25, 0.3) is 20.7 Å². The van der Waals surface area contributed by atoms with E-state index in [0.29, 0.717) is 10.2 Å². The van der Waals surface area contributed by atoms with E-state index in [0.717, 1.165) is 29.7 Å². The third kappa shape index (κ3) is 2.70. The molecule has 0 saturated carbocycles.